The lowest BCUT2D eigenvalue weighted by molar-refractivity contribution is -0.253. The largest absolute Gasteiger partial charge is 0.461 e. The Hall–Kier alpha value is -3.62. The maximum absolute atomic E-state index is 13.2. The fourth-order valence-corrected chi connectivity index (χ4v) is 2.86. The number of nitrogens with two attached hydrogens (primary N) is 1. The molecule has 2 heterocycles. The van der Waals surface area contributed by atoms with E-state index in [0.29, 0.717) is 0 Å². The van der Waals surface area contributed by atoms with Crippen LogP contribution in [0.2, 0.25) is 0 Å². The minimum atomic E-state index is -4.73. The first kappa shape index (κ1) is 23.1. The van der Waals surface area contributed by atoms with Crippen molar-refractivity contribution in [3.05, 3.63) is 58.5 Å². The average Bonchev–Trinajstić information content (AvgIpc) is 3.19. The first-order valence-electron chi connectivity index (χ1n) is 8.51. The van der Waals surface area contributed by atoms with Crippen molar-refractivity contribution >= 4 is 27.7 Å². The molecule has 2 amide bonds. The van der Waals surface area contributed by atoms with Gasteiger partial charge in [-0.2, -0.15) is 27.3 Å². The number of nitrogens with one attached hydrogen (secondary N) is 1. The van der Waals surface area contributed by atoms with Crippen LogP contribution in [-0.2, 0) is 6.54 Å². The third kappa shape index (κ3) is 5.35. The second-order valence-electron chi connectivity index (χ2n) is 6.04. The number of carbonyl (C=O) groups is 2. The fraction of sp³-hybridized carbons (Fsp3) is 0.176. The molecule has 0 unspecified atom stereocenters. The minimum Gasteiger partial charge on any atom is -0.428 e. The molecule has 32 heavy (non-hydrogen) atoms. The monoisotopic (exact) mass is 517 g/mol. The number of halogens is 5. The predicted molar refractivity (Wildman–Crippen MR) is 102 cm³/mol. The van der Waals surface area contributed by atoms with Gasteiger partial charge in [-0.05, 0) is 18.2 Å². The van der Waals surface area contributed by atoms with Crippen molar-refractivity contribution in [1.82, 2.24) is 30.0 Å². The van der Waals surface area contributed by atoms with Crippen LogP contribution in [0.15, 0.2) is 41.4 Å². The van der Waals surface area contributed by atoms with Crippen molar-refractivity contribution in [2.75, 3.05) is 0 Å². The van der Waals surface area contributed by atoms with E-state index >= 15 is 0 Å². The third-order valence-electron chi connectivity index (χ3n) is 3.79. The van der Waals surface area contributed by atoms with E-state index in [4.69, 9.17) is 5.73 Å². The zero-order chi connectivity index (χ0) is 23.5. The molecule has 3 aromatic rings. The van der Waals surface area contributed by atoms with E-state index < -0.39 is 30.1 Å². The number of carbonyl (C=O) groups excluding carboxylic acids is 2. The van der Waals surface area contributed by atoms with Crippen LogP contribution >= 0.6 is 15.9 Å². The van der Waals surface area contributed by atoms with Gasteiger partial charge in [-0.25, -0.2) is 15.0 Å². The summed E-state index contributed by atoms with van der Waals surface area (Å²) < 4.78 is 56.5. The molecule has 0 saturated carbocycles. The van der Waals surface area contributed by atoms with Gasteiger partial charge in [-0.3, -0.25) is 9.59 Å². The minimum absolute atomic E-state index is 0.0669. The van der Waals surface area contributed by atoms with Crippen LogP contribution in [0, 0.1) is 0 Å². The molecule has 0 aliphatic heterocycles. The Morgan fingerprint density at radius 3 is 2.59 bits per heavy atom. The highest BCUT2D eigenvalue weighted by molar-refractivity contribution is 9.10. The Balaban J connectivity index is 1.76. The standard InChI is InChI=1S/C17H12BrF4N7O3/c18-9-1-8(2-10(3-9)32-17(21,22)16(19)20)15(31)24-5-13-27-7-28-29(13)12-4-11(14(23)30)25-6-26-12/h1-4,6-7,16H,5H2,(H2,23,30)(H,24,31). The number of amides is 2. The van der Waals surface area contributed by atoms with Crippen LogP contribution in [0.1, 0.15) is 26.7 Å². The van der Waals surface area contributed by atoms with Crippen LogP contribution in [0.25, 0.3) is 5.82 Å². The molecule has 0 spiro atoms. The number of aromatic nitrogens is 5. The van der Waals surface area contributed by atoms with Crippen molar-refractivity contribution in [2.24, 2.45) is 5.73 Å². The number of hydrogen-bond donors (Lipinski definition) is 2. The Kier molecular flexibility index (Phi) is 6.67. The molecule has 0 atom stereocenters. The summed E-state index contributed by atoms with van der Waals surface area (Å²) in [6, 6.07) is 4.43. The SMILES string of the molecule is NC(=O)c1cc(-n2ncnc2CNC(=O)c2cc(Br)cc(OC(F)(F)C(F)F)c2)ncn1. The average molecular weight is 518 g/mol. The zero-order valence-electron chi connectivity index (χ0n) is 15.7. The Morgan fingerprint density at radius 2 is 1.91 bits per heavy atom. The second kappa shape index (κ2) is 9.25. The first-order valence-corrected chi connectivity index (χ1v) is 9.31. The van der Waals surface area contributed by atoms with Crippen molar-refractivity contribution < 1.29 is 31.9 Å². The number of rotatable bonds is 8. The fourth-order valence-electron chi connectivity index (χ4n) is 2.39. The lowest BCUT2D eigenvalue weighted by Crippen LogP contribution is -2.33. The summed E-state index contributed by atoms with van der Waals surface area (Å²) in [5.74, 6) is -1.82. The van der Waals surface area contributed by atoms with Crippen LogP contribution in [0.5, 0.6) is 5.75 Å². The van der Waals surface area contributed by atoms with Gasteiger partial charge in [-0.1, -0.05) is 15.9 Å². The van der Waals surface area contributed by atoms with Crippen LogP contribution < -0.4 is 15.8 Å². The number of alkyl halides is 4. The van der Waals surface area contributed by atoms with E-state index in [1.54, 1.807) is 0 Å². The lowest BCUT2D eigenvalue weighted by atomic mass is 10.2. The van der Waals surface area contributed by atoms with Gasteiger partial charge >= 0.3 is 12.5 Å². The number of hydrogen-bond acceptors (Lipinski definition) is 7. The van der Waals surface area contributed by atoms with E-state index in [0.717, 1.165) is 18.5 Å². The number of ether oxygens (including phenoxy) is 1. The van der Waals surface area contributed by atoms with Gasteiger partial charge in [0.05, 0.1) is 6.54 Å². The van der Waals surface area contributed by atoms with Crippen LogP contribution in [0.4, 0.5) is 17.6 Å². The Morgan fingerprint density at radius 1 is 1.16 bits per heavy atom. The molecule has 0 aliphatic rings. The molecule has 0 saturated heterocycles. The highest BCUT2D eigenvalue weighted by Crippen LogP contribution is 2.30. The maximum atomic E-state index is 13.2. The summed E-state index contributed by atoms with van der Waals surface area (Å²) in [6.07, 6.45) is -6.52. The smallest absolute Gasteiger partial charge is 0.428 e. The van der Waals surface area contributed by atoms with Gasteiger partial charge in [0.2, 0.25) is 0 Å². The van der Waals surface area contributed by atoms with Crippen molar-refractivity contribution in [1.29, 1.82) is 0 Å². The van der Waals surface area contributed by atoms with Gasteiger partial charge in [-0.15, -0.1) is 0 Å². The van der Waals surface area contributed by atoms with Gasteiger partial charge in [0.15, 0.2) is 11.6 Å². The van der Waals surface area contributed by atoms with Gasteiger partial charge in [0, 0.05) is 16.1 Å². The normalized spacial score (nSPS) is 11.4. The highest BCUT2D eigenvalue weighted by Gasteiger charge is 2.44. The molecular weight excluding hydrogens is 506 g/mol. The zero-order valence-corrected chi connectivity index (χ0v) is 17.3. The summed E-state index contributed by atoms with van der Waals surface area (Å²) in [5, 5.41) is 6.43. The molecule has 2 aromatic heterocycles. The predicted octanol–water partition coefficient (Wildman–Crippen LogP) is 2.09. The molecule has 10 nitrogen and oxygen atoms in total. The molecule has 3 N–H and O–H groups in total. The topological polar surface area (TPSA) is 138 Å². The van der Waals surface area contributed by atoms with Crippen LogP contribution in [0.3, 0.4) is 0 Å². The number of nitrogens with zero attached hydrogens (tertiary/aromatic N) is 5. The summed E-state index contributed by atoms with van der Waals surface area (Å²) in [6.45, 7) is -0.190. The van der Waals surface area contributed by atoms with E-state index in [9.17, 15) is 27.2 Å². The molecule has 0 radical (unpaired) electrons. The van der Waals surface area contributed by atoms with Crippen molar-refractivity contribution in [3.8, 4) is 11.6 Å². The molecule has 1 aromatic carbocycles. The van der Waals surface area contributed by atoms with Crippen molar-refractivity contribution in [3.63, 3.8) is 0 Å². The lowest BCUT2D eigenvalue weighted by Gasteiger charge is -2.17. The summed E-state index contributed by atoms with van der Waals surface area (Å²) in [4.78, 5) is 35.4. The van der Waals surface area contributed by atoms with E-state index in [2.05, 4.69) is 46.0 Å². The summed E-state index contributed by atoms with van der Waals surface area (Å²) in [5.41, 5.74) is 4.97. The molecule has 168 valence electrons. The van der Waals surface area contributed by atoms with Crippen LogP contribution in [-0.4, -0.2) is 49.1 Å². The molecule has 3 rings (SSSR count). The van der Waals surface area contributed by atoms with Crippen molar-refractivity contribution in [2.45, 2.75) is 19.1 Å². The first-order chi connectivity index (χ1) is 15.1. The number of primary amides is 1. The van der Waals surface area contributed by atoms with Gasteiger partial charge < -0.3 is 15.8 Å². The quantitative estimate of drug-likeness (QED) is 0.436. The maximum Gasteiger partial charge on any atom is 0.461 e. The van der Waals surface area contributed by atoms with E-state index in [1.807, 2.05) is 0 Å². The van der Waals surface area contributed by atoms with Gasteiger partial charge in [0.1, 0.15) is 24.1 Å². The van der Waals surface area contributed by atoms with Gasteiger partial charge in [0.25, 0.3) is 11.8 Å². The molecule has 15 heteroatoms. The Labute approximate surface area is 184 Å². The molecule has 0 aliphatic carbocycles. The third-order valence-corrected chi connectivity index (χ3v) is 4.25. The highest BCUT2D eigenvalue weighted by atomic mass is 79.9. The summed E-state index contributed by atoms with van der Waals surface area (Å²) >= 11 is 3.01. The second-order valence-corrected chi connectivity index (χ2v) is 6.95. The Bertz CT molecular complexity index is 1160. The van der Waals surface area contributed by atoms with E-state index in [1.165, 1.54) is 23.1 Å². The number of benzene rings is 1. The molecule has 0 fully saturated rings. The molecular formula is C17H12BrF4N7O3. The molecule has 0 bridgehead atoms. The van der Waals surface area contributed by atoms with E-state index in [-0.39, 0.29) is 33.9 Å². The summed E-state index contributed by atoms with van der Waals surface area (Å²) in [7, 11) is 0.